The number of hydrogen-bond donors (Lipinski definition) is 2. The van der Waals surface area contributed by atoms with Gasteiger partial charge in [0.15, 0.2) is 0 Å². The highest BCUT2D eigenvalue weighted by molar-refractivity contribution is 9.10. The quantitative estimate of drug-likeness (QED) is 0.597. The Morgan fingerprint density at radius 2 is 2.24 bits per heavy atom. The van der Waals surface area contributed by atoms with E-state index in [0.29, 0.717) is 28.6 Å². The summed E-state index contributed by atoms with van der Waals surface area (Å²) in [6, 6.07) is 8.76. The highest BCUT2D eigenvalue weighted by Crippen LogP contribution is 2.26. The molecule has 0 saturated carbocycles. The van der Waals surface area contributed by atoms with Gasteiger partial charge in [-0.25, -0.2) is 4.98 Å². The molecule has 1 aromatic carbocycles. The smallest absolute Gasteiger partial charge is 0.225 e. The van der Waals surface area contributed by atoms with Crippen molar-refractivity contribution in [3.8, 4) is 0 Å². The van der Waals surface area contributed by atoms with Crippen LogP contribution in [0.4, 0.5) is 11.4 Å². The first-order valence-corrected chi connectivity index (χ1v) is 8.30. The highest BCUT2D eigenvalue weighted by atomic mass is 79.9. The Bertz CT molecular complexity index is 654. The lowest BCUT2D eigenvalue weighted by molar-refractivity contribution is -0.115. The van der Waals surface area contributed by atoms with Gasteiger partial charge in [-0.05, 0) is 46.3 Å². The topological polar surface area (TPSA) is 68.0 Å². The van der Waals surface area contributed by atoms with E-state index >= 15 is 0 Å². The zero-order valence-electron chi connectivity index (χ0n) is 11.0. The van der Waals surface area contributed by atoms with E-state index in [1.165, 1.54) is 11.8 Å². The van der Waals surface area contributed by atoms with Crippen molar-refractivity contribution in [3.63, 3.8) is 0 Å². The Balaban J connectivity index is 1.84. The highest BCUT2D eigenvalue weighted by Gasteiger charge is 2.07. The van der Waals surface area contributed by atoms with Gasteiger partial charge in [0.25, 0.3) is 0 Å². The molecule has 7 heteroatoms. The molecule has 3 N–H and O–H groups in total. The first-order valence-electron chi connectivity index (χ1n) is 6.14. The van der Waals surface area contributed by atoms with Gasteiger partial charge in [-0.3, -0.25) is 4.79 Å². The molecule has 2 rings (SSSR count). The summed E-state index contributed by atoms with van der Waals surface area (Å²) in [5.41, 5.74) is 6.82. The third-order valence-electron chi connectivity index (χ3n) is 2.58. The molecule has 0 atom stereocenters. The SMILES string of the molecule is Nc1cc(Cl)ccc1NC(=O)CCSc1ncccc1Br. The van der Waals surface area contributed by atoms with Crippen LogP contribution in [0.15, 0.2) is 46.0 Å². The predicted molar refractivity (Wildman–Crippen MR) is 91.8 cm³/mol. The number of halogens is 2. The molecular formula is C14H13BrClN3OS. The zero-order valence-corrected chi connectivity index (χ0v) is 14.1. The molecule has 0 saturated heterocycles. The van der Waals surface area contributed by atoms with Crippen LogP contribution in [0.25, 0.3) is 0 Å². The third kappa shape index (κ3) is 4.91. The minimum absolute atomic E-state index is 0.0939. The van der Waals surface area contributed by atoms with E-state index < -0.39 is 0 Å². The fourth-order valence-corrected chi connectivity index (χ4v) is 3.18. The Hall–Kier alpha value is -1.24. The second-order valence-corrected chi connectivity index (χ2v) is 6.54. The van der Waals surface area contributed by atoms with Gasteiger partial charge in [0.1, 0.15) is 5.03 Å². The number of nitrogen functional groups attached to an aromatic ring is 1. The number of thioether (sulfide) groups is 1. The molecular weight excluding hydrogens is 374 g/mol. The van der Waals surface area contributed by atoms with E-state index in [9.17, 15) is 4.79 Å². The van der Waals surface area contributed by atoms with Crippen LogP contribution in [0.2, 0.25) is 5.02 Å². The van der Waals surface area contributed by atoms with E-state index in [1.807, 2.05) is 12.1 Å². The summed E-state index contributed by atoms with van der Waals surface area (Å²) >= 11 is 10.8. The second-order valence-electron chi connectivity index (χ2n) is 4.17. The molecule has 0 unspecified atom stereocenters. The molecule has 2 aromatic rings. The molecule has 0 radical (unpaired) electrons. The molecule has 0 aliphatic carbocycles. The minimum Gasteiger partial charge on any atom is -0.397 e. The van der Waals surface area contributed by atoms with Crippen molar-refractivity contribution in [2.45, 2.75) is 11.4 Å². The Morgan fingerprint density at radius 1 is 1.43 bits per heavy atom. The van der Waals surface area contributed by atoms with Gasteiger partial charge in [0.05, 0.1) is 11.4 Å². The number of carbonyl (C=O) groups is 1. The zero-order chi connectivity index (χ0) is 15.2. The fraction of sp³-hybridized carbons (Fsp3) is 0.143. The van der Waals surface area contributed by atoms with Crippen molar-refractivity contribution in [3.05, 3.63) is 46.0 Å². The lowest BCUT2D eigenvalue weighted by Gasteiger charge is -2.08. The van der Waals surface area contributed by atoms with E-state index in [2.05, 4.69) is 26.2 Å². The maximum atomic E-state index is 11.9. The summed E-state index contributed by atoms with van der Waals surface area (Å²) in [5.74, 6) is 0.540. The Kier molecular flexibility index (Phi) is 5.90. The number of nitrogens with one attached hydrogen (secondary N) is 1. The number of aromatic nitrogens is 1. The number of nitrogens with two attached hydrogens (primary N) is 1. The number of carbonyl (C=O) groups excluding carboxylic acids is 1. The standard InChI is InChI=1S/C14H13BrClN3OS/c15-10-2-1-6-18-14(10)21-7-5-13(20)19-12-4-3-9(16)8-11(12)17/h1-4,6,8H,5,7,17H2,(H,19,20). The maximum Gasteiger partial charge on any atom is 0.225 e. The minimum atomic E-state index is -0.0939. The number of amides is 1. The van der Waals surface area contributed by atoms with Gasteiger partial charge < -0.3 is 11.1 Å². The normalized spacial score (nSPS) is 10.4. The lowest BCUT2D eigenvalue weighted by Crippen LogP contribution is -2.13. The van der Waals surface area contributed by atoms with Gasteiger partial charge in [-0.15, -0.1) is 11.8 Å². The summed E-state index contributed by atoms with van der Waals surface area (Å²) in [5, 5.41) is 4.18. The molecule has 0 aliphatic heterocycles. The maximum absolute atomic E-state index is 11.9. The van der Waals surface area contributed by atoms with Crippen LogP contribution in [-0.2, 0) is 4.79 Å². The van der Waals surface area contributed by atoms with Crippen LogP contribution in [0.3, 0.4) is 0 Å². The van der Waals surface area contributed by atoms with Crippen LogP contribution in [0, 0.1) is 0 Å². The number of benzene rings is 1. The van der Waals surface area contributed by atoms with Crippen molar-refractivity contribution in [1.29, 1.82) is 0 Å². The van der Waals surface area contributed by atoms with E-state index in [1.54, 1.807) is 24.4 Å². The van der Waals surface area contributed by atoms with Crippen molar-refractivity contribution < 1.29 is 4.79 Å². The molecule has 4 nitrogen and oxygen atoms in total. The van der Waals surface area contributed by atoms with E-state index in [0.717, 1.165) is 9.50 Å². The van der Waals surface area contributed by atoms with Crippen LogP contribution < -0.4 is 11.1 Å². The number of hydrogen-bond acceptors (Lipinski definition) is 4. The van der Waals surface area contributed by atoms with Gasteiger partial charge in [-0.2, -0.15) is 0 Å². The van der Waals surface area contributed by atoms with Gasteiger partial charge in [0, 0.05) is 27.9 Å². The third-order valence-corrected chi connectivity index (χ3v) is 4.72. The van der Waals surface area contributed by atoms with Crippen LogP contribution in [0.5, 0.6) is 0 Å². The van der Waals surface area contributed by atoms with Crippen molar-refractivity contribution in [2.24, 2.45) is 0 Å². The molecule has 110 valence electrons. The predicted octanol–water partition coefficient (Wildman–Crippen LogP) is 4.20. The van der Waals surface area contributed by atoms with E-state index in [-0.39, 0.29) is 5.91 Å². The molecule has 21 heavy (non-hydrogen) atoms. The molecule has 0 aliphatic rings. The molecule has 1 aromatic heterocycles. The molecule has 0 spiro atoms. The Morgan fingerprint density at radius 3 is 2.95 bits per heavy atom. The largest absolute Gasteiger partial charge is 0.397 e. The number of rotatable bonds is 5. The number of anilines is 2. The molecule has 1 heterocycles. The van der Waals surface area contributed by atoms with Gasteiger partial charge in [-0.1, -0.05) is 11.6 Å². The fourth-order valence-electron chi connectivity index (χ4n) is 1.58. The number of nitrogens with zero attached hydrogens (tertiary/aromatic N) is 1. The first kappa shape index (κ1) is 16.1. The molecule has 0 bridgehead atoms. The monoisotopic (exact) mass is 385 g/mol. The van der Waals surface area contributed by atoms with Crippen LogP contribution >= 0.6 is 39.3 Å². The summed E-state index contributed by atoms with van der Waals surface area (Å²) in [6.45, 7) is 0. The average Bonchev–Trinajstić information content (AvgIpc) is 2.44. The molecule has 1 amide bonds. The summed E-state index contributed by atoms with van der Waals surface area (Å²) in [6.07, 6.45) is 2.09. The Labute approximate surface area is 140 Å². The first-order chi connectivity index (χ1) is 10.1. The molecule has 0 fully saturated rings. The average molecular weight is 387 g/mol. The van der Waals surface area contributed by atoms with Crippen LogP contribution in [-0.4, -0.2) is 16.6 Å². The van der Waals surface area contributed by atoms with E-state index in [4.69, 9.17) is 17.3 Å². The van der Waals surface area contributed by atoms with Crippen LogP contribution in [0.1, 0.15) is 6.42 Å². The summed E-state index contributed by atoms with van der Waals surface area (Å²) in [4.78, 5) is 16.1. The van der Waals surface area contributed by atoms with Crippen molar-refractivity contribution >= 4 is 56.6 Å². The summed E-state index contributed by atoms with van der Waals surface area (Å²) in [7, 11) is 0. The number of pyridine rings is 1. The lowest BCUT2D eigenvalue weighted by atomic mass is 10.2. The van der Waals surface area contributed by atoms with Crippen molar-refractivity contribution in [2.75, 3.05) is 16.8 Å². The summed E-state index contributed by atoms with van der Waals surface area (Å²) < 4.78 is 0.928. The van der Waals surface area contributed by atoms with Crippen molar-refractivity contribution in [1.82, 2.24) is 4.98 Å². The van der Waals surface area contributed by atoms with Gasteiger partial charge >= 0.3 is 0 Å². The van der Waals surface area contributed by atoms with Gasteiger partial charge in [0.2, 0.25) is 5.91 Å². The second kappa shape index (κ2) is 7.68.